The number of rotatable bonds is 3. The van der Waals surface area contributed by atoms with Crippen LogP contribution in [-0.4, -0.2) is 18.1 Å². The fourth-order valence-electron chi connectivity index (χ4n) is 1.70. The smallest absolute Gasteiger partial charge is 0.139 e. The Morgan fingerprint density at radius 3 is 3.13 bits per heavy atom. The molecule has 2 nitrogen and oxygen atoms in total. The van der Waals surface area contributed by atoms with E-state index in [1.807, 2.05) is 18.2 Å². The van der Waals surface area contributed by atoms with Crippen LogP contribution in [-0.2, 0) is 4.79 Å². The molecule has 0 amide bonds. The maximum atomic E-state index is 10.9. The summed E-state index contributed by atoms with van der Waals surface area (Å²) >= 11 is 1.72. The standard InChI is InChI=1S/C12H14O2S/c1-9(13)8-15-12-6-7-14-11-5-3-2-4-10(11)12/h2-5,12H,6-8H2,1H3. The molecule has 2 rings (SSSR count). The van der Waals surface area contributed by atoms with Gasteiger partial charge in [-0.05, 0) is 19.4 Å². The Hall–Kier alpha value is -0.960. The highest BCUT2D eigenvalue weighted by molar-refractivity contribution is 8.00. The number of carbonyl (C=O) groups is 1. The Morgan fingerprint density at radius 1 is 1.53 bits per heavy atom. The van der Waals surface area contributed by atoms with Crippen LogP contribution in [0.25, 0.3) is 0 Å². The molecule has 1 aromatic rings. The molecule has 3 heteroatoms. The van der Waals surface area contributed by atoms with Crippen molar-refractivity contribution < 1.29 is 9.53 Å². The molecule has 0 saturated heterocycles. The van der Waals surface area contributed by atoms with Gasteiger partial charge in [0.25, 0.3) is 0 Å². The number of carbonyl (C=O) groups excluding carboxylic acids is 1. The van der Waals surface area contributed by atoms with Gasteiger partial charge in [0.05, 0.1) is 12.4 Å². The zero-order chi connectivity index (χ0) is 10.7. The van der Waals surface area contributed by atoms with Crippen molar-refractivity contribution in [3.05, 3.63) is 29.8 Å². The minimum absolute atomic E-state index is 0.240. The predicted molar refractivity (Wildman–Crippen MR) is 62.4 cm³/mol. The summed E-state index contributed by atoms with van der Waals surface area (Å²) in [4.78, 5) is 10.9. The Labute approximate surface area is 94.0 Å². The monoisotopic (exact) mass is 222 g/mol. The molecule has 0 aromatic heterocycles. The van der Waals surface area contributed by atoms with Crippen molar-refractivity contribution in [3.63, 3.8) is 0 Å². The zero-order valence-electron chi connectivity index (χ0n) is 8.73. The van der Waals surface area contributed by atoms with E-state index in [2.05, 4.69) is 6.07 Å². The van der Waals surface area contributed by atoms with Crippen molar-refractivity contribution >= 4 is 17.5 Å². The maximum Gasteiger partial charge on any atom is 0.139 e. The van der Waals surface area contributed by atoms with E-state index in [0.29, 0.717) is 11.0 Å². The molecule has 1 heterocycles. The van der Waals surface area contributed by atoms with Gasteiger partial charge in [0, 0.05) is 10.8 Å². The van der Waals surface area contributed by atoms with Crippen LogP contribution in [0.1, 0.15) is 24.2 Å². The minimum Gasteiger partial charge on any atom is -0.493 e. The minimum atomic E-state index is 0.240. The zero-order valence-corrected chi connectivity index (χ0v) is 9.55. The Kier molecular flexibility index (Phi) is 3.31. The Balaban J connectivity index is 2.11. The third-order valence-electron chi connectivity index (χ3n) is 2.39. The fourth-order valence-corrected chi connectivity index (χ4v) is 2.77. The molecule has 1 atom stereocenters. The molecule has 0 N–H and O–H groups in total. The molecular weight excluding hydrogens is 208 g/mol. The summed E-state index contributed by atoms with van der Waals surface area (Å²) in [6.07, 6.45) is 0.995. The fraction of sp³-hybridized carbons (Fsp3) is 0.417. The number of fused-ring (bicyclic) bond motifs is 1. The van der Waals surface area contributed by atoms with Gasteiger partial charge >= 0.3 is 0 Å². The van der Waals surface area contributed by atoms with Crippen molar-refractivity contribution in [1.29, 1.82) is 0 Å². The molecule has 15 heavy (non-hydrogen) atoms. The van der Waals surface area contributed by atoms with Gasteiger partial charge in [-0.3, -0.25) is 4.79 Å². The highest BCUT2D eigenvalue weighted by atomic mass is 32.2. The molecule has 1 aromatic carbocycles. The topological polar surface area (TPSA) is 26.3 Å². The Morgan fingerprint density at radius 2 is 2.33 bits per heavy atom. The number of Topliss-reactive ketones (excluding diaryl/α,β-unsaturated/α-hetero) is 1. The van der Waals surface area contributed by atoms with Crippen LogP contribution in [0.15, 0.2) is 24.3 Å². The number of benzene rings is 1. The van der Waals surface area contributed by atoms with Gasteiger partial charge < -0.3 is 4.74 Å². The van der Waals surface area contributed by atoms with Gasteiger partial charge in [0.15, 0.2) is 0 Å². The van der Waals surface area contributed by atoms with E-state index >= 15 is 0 Å². The first-order valence-electron chi connectivity index (χ1n) is 5.10. The van der Waals surface area contributed by atoms with E-state index in [0.717, 1.165) is 18.8 Å². The summed E-state index contributed by atoms with van der Waals surface area (Å²) in [5.74, 6) is 1.81. The van der Waals surface area contributed by atoms with Crippen LogP contribution in [0.2, 0.25) is 0 Å². The Bertz CT molecular complexity index is 362. The van der Waals surface area contributed by atoms with E-state index < -0.39 is 0 Å². The number of thioether (sulfide) groups is 1. The quantitative estimate of drug-likeness (QED) is 0.786. The van der Waals surface area contributed by atoms with Crippen LogP contribution in [0.5, 0.6) is 5.75 Å². The van der Waals surface area contributed by atoms with Gasteiger partial charge in [-0.1, -0.05) is 18.2 Å². The van der Waals surface area contributed by atoms with Crippen molar-refractivity contribution in [1.82, 2.24) is 0 Å². The summed E-state index contributed by atoms with van der Waals surface area (Å²) in [5.41, 5.74) is 1.23. The van der Waals surface area contributed by atoms with Gasteiger partial charge in [-0.15, -0.1) is 11.8 Å². The van der Waals surface area contributed by atoms with Gasteiger partial charge in [-0.2, -0.15) is 0 Å². The van der Waals surface area contributed by atoms with E-state index in [9.17, 15) is 4.79 Å². The first-order chi connectivity index (χ1) is 7.27. The number of hydrogen-bond acceptors (Lipinski definition) is 3. The van der Waals surface area contributed by atoms with E-state index in [1.54, 1.807) is 18.7 Å². The molecule has 1 aliphatic heterocycles. The average Bonchev–Trinajstić information content (AvgIpc) is 2.26. The number of para-hydroxylation sites is 1. The highest BCUT2D eigenvalue weighted by Crippen LogP contribution is 2.40. The average molecular weight is 222 g/mol. The van der Waals surface area contributed by atoms with Crippen LogP contribution in [0, 0.1) is 0 Å². The van der Waals surface area contributed by atoms with E-state index in [-0.39, 0.29) is 5.78 Å². The molecule has 0 spiro atoms. The van der Waals surface area contributed by atoms with Crippen molar-refractivity contribution in [3.8, 4) is 5.75 Å². The summed E-state index contributed by atoms with van der Waals surface area (Å²) in [6.45, 7) is 2.39. The lowest BCUT2D eigenvalue weighted by atomic mass is 10.1. The van der Waals surface area contributed by atoms with Gasteiger partial charge in [-0.25, -0.2) is 0 Å². The molecule has 0 radical (unpaired) electrons. The summed E-state index contributed by atoms with van der Waals surface area (Å²) in [6, 6.07) is 8.09. The highest BCUT2D eigenvalue weighted by Gasteiger charge is 2.21. The van der Waals surface area contributed by atoms with E-state index in [1.165, 1.54) is 5.56 Å². The third kappa shape index (κ3) is 2.53. The molecule has 80 valence electrons. The van der Waals surface area contributed by atoms with Crippen molar-refractivity contribution in [2.75, 3.05) is 12.4 Å². The third-order valence-corrected chi connectivity index (χ3v) is 3.86. The second-order valence-corrected chi connectivity index (χ2v) is 4.87. The lowest BCUT2D eigenvalue weighted by molar-refractivity contribution is -0.114. The number of ketones is 1. The first-order valence-corrected chi connectivity index (χ1v) is 6.15. The lowest BCUT2D eigenvalue weighted by Crippen LogP contribution is -2.13. The summed E-state index contributed by atoms with van der Waals surface area (Å²) in [7, 11) is 0. The largest absolute Gasteiger partial charge is 0.493 e. The van der Waals surface area contributed by atoms with Crippen LogP contribution >= 0.6 is 11.8 Å². The maximum absolute atomic E-state index is 10.9. The SMILES string of the molecule is CC(=O)CSC1CCOc2ccccc21. The molecule has 1 unspecified atom stereocenters. The molecule has 0 bridgehead atoms. The summed E-state index contributed by atoms with van der Waals surface area (Å²) in [5, 5.41) is 0.416. The molecule has 0 saturated carbocycles. The van der Waals surface area contributed by atoms with Gasteiger partial charge in [0.1, 0.15) is 11.5 Å². The molecule has 0 aliphatic carbocycles. The van der Waals surface area contributed by atoms with E-state index in [4.69, 9.17) is 4.74 Å². The lowest BCUT2D eigenvalue weighted by Gasteiger charge is -2.25. The number of hydrogen-bond donors (Lipinski definition) is 0. The normalized spacial score (nSPS) is 19.1. The second-order valence-electron chi connectivity index (χ2n) is 3.68. The van der Waals surface area contributed by atoms with Crippen molar-refractivity contribution in [2.45, 2.75) is 18.6 Å². The molecule has 1 aliphatic rings. The summed E-state index contributed by atoms with van der Waals surface area (Å²) < 4.78 is 5.56. The first kappa shape index (κ1) is 10.6. The van der Waals surface area contributed by atoms with Crippen LogP contribution in [0.4, 0.5) is 0 Å². The van der Waals surface area contributed by atoms with Crippen LogP contribution in [0.3, 0.4) is 0 Å². The van der Waals surface area contributed by atoms with Crippen LogP contribution < -0.4 is 4.74 Å². The van der Waals surface area contributed by atoms with Gasteiger partial charge in [0.2, 0.25) is 0 Å². The molecular formula is C12H14O2S. The number of ether oxygens (including phenoxy) is 1. The second kappa shape index (κ2) is 4.71. The predicted octanol–water partition coefficient (Wildman–Crippen LogP) is 2.83. The molecule has 0 fully saturated rings. The van der Waals surface area contributed by atoms with Crippen molar-refractivity contribution in [2.24, 2.45) is 0 Å².